The molecule has 1 atom stereocenters. The molecular weight excluding hydrogens is 279 g/mol. The first-order chi connectivity index (χ1) is 8.95. The molecule has 0 saturated carbocycles. The summed E-state index contributed by atoms with van der Waals surface area (Å²) in [6.07, 6.45) is -2.12. The number of benzene rings is 1. The Morgan fingerprint density at radius 1 is 1.37 bits per heavy atom. The van der Waals surface area contributed by atoms with Gasteiger partial charge in [0.05, 0.1) is 11.8 Å². The number of oxazole rings is 1. The van der Waals surface area contributed by atoms with Gasteiger partial charge in [-0.25, -0.2) is 4.98 Å². The quantitative estimate of drug-likeness (QED) is 0.813. The lowest BCUT2D eigenvalue weighted by Gasteiger charge is -2.15. The fourth-order valence-corrected chi connectivity index (χ4v) is 2.65. The third-order valence-corrected chi connectivity index (χ3v) is 3.84. The van der Waals surface area contributed by atoms with Gasteiger partial charge >= 0.3 is 6.18 Å². The second-order valence-corrected chi connectivity index (χ2v) is 5.36. The van der Waals surface area contributed by atoms with E-state index in [4.69, 9.17) is 4.42 Å². The lowest BCUT2D eigenvalue weighted by molar-refractivity contribution is -0.137. The Hall–Kier alpha value is -1.47. The van der Waals surface area contributed by atoms with Gasteiger partial charge in [-0.2, -0.15) is 13.2 Å². The highest BCUT2D eigenvalue weighted by Gasteiger charge is 2.38. The van der Waals surface area contributed by atoms with E-state index in [1.54, 1.807) is 6.92 Å². The molecule has 0 aliphatic heterocycles. The van der Waals surface area contributed by atoms with Crippen LogP contribution in [-0.4, -0.2) is 15.3 Å². The number of hydrogen-bond acceptors (Lipinski definition) is 3. The number of aromatic nitrogens is 1. The van der Waals surface area contributed by atoms with E-state index in [0.29, 0.717) is 0 Å². The summed E-state index contributed by atoms with van der Waals surface area (Å²) in [7, 11) is 0. The van der Waals surface area contributed by atoms with Gasteiger partial charge in [0.1, 0.15) is 17.6 Å². The van der Waals surface area contributed by atoms with E-state index in [0.717, 1.165) is 6.07 Å². The first kappa shape index (κ1) is 14.0. The first-order valence-corrected chi connectivity index (χ1v) is 6.75. The van der Waals surface area contributed by atoms with Gasteiger partial charge in [-0.15, -0.1) is 0 Å². The van der Waals surface area contributed by atoms with Crippen molar-refractivity contribution < 1.29 is 22.1 Å². The first-order valence-electron chi connectivity index (χ1n) is 5.43. The molecule has 102 valence electrons. The van der Waals surface area contributed by atoms with E-state index in [2.05, 4.69) is 4.98 Å². The van der Waals surface area contributed by atoms with Gasteiger partial charge in [0.15, 0.2) is 4.90 Å². The van der Waals surface area contributed by atoms with Gasteiger partial charge in [0.2, 0.25) is 5.89 Å². The zero-order chi connectivity index (χ0) is 14.0. The molecule has 2 aromatic rings. The van der Waals surface area contributed by atoms with E-state index in [1.165, 1.54) is 24.6 Å². The van der Waals surface area contributed by atoms with Crippen LogP contribution in [0.3, 0.4) is 0 Å². The van der Waals surface area contributed by atoms with E-state index in [-0.39, 0.29) is 22.1 Å². The summed E-state index contributed by atoms with van der Waals surface area (Å²) < 4.78 is 55.9. The molecular formula is C12H10F3NO2S. The zero-order valence-corrected chi connectivity index (χ0v) is 10.7. The molecule has 1 aromatic carbocycles. The van der Waals surface area contributed by atoms with Crippen LogP contribution in [0.1, 0.15) is 12.5 Å². The molecule has 0 amide bonds. The van der Waals surface area contributed by atoms with Gasteiger partial charge in [0, 0.05) is 0 Å². The van der Waals surface area contributed by atoms with Crippen LogP contribution in [-0.2, 0) is 17.4 Å². The van der Waals surface area contributed by atoms with Crippen molar-refractivity contribution in [3.63, 3.8) is 0 Å². The number of alkyl halides is 3. The van der Waals surface area contributed by atoms with Crippen LogP contribution in [0.15, 0.2) is 40.0 Å². The van der Waals surface area contributed by atoms with Crippen LogP contribution in [0.2, 0.25) is 0 Å². The Morgan fingerprint density at radius 2 is 2.11 bits per heavy atom. The minimum atomic E-state index is -4.56. The summed E-state index contributed by atoms with van der Waals surface area (Å²) in [6.45, 7) is 1.63. The maximum absolute atomic E-state index is 13.0. The Kier molecular flexibility index (Phi) is 3.86. The molecule has 0 aliphatic rings. The minimum absolute atomic E-state index is 0.0831. The monoisotopic (exact) mass is 289 g/mol. The van der Waals surface area contributed by atoms with Crippen molar-refractivity contribution in [3.8, 4) is 11.5 Å². The van der Waals surface area contributed by atoms with Crippen molar-refractivity contribution in [1.82, 2.24) is 4.98 Å². The SMILES string of the molecule is CC[S+]([O-])c1cccc(C(F)(F)F)c1-c1ncco1. The smallest absolute Gasteiger partial charge is 0.417 e. The van der Waals surface area contributed by atoms with Gasteiger partial charge < -0.3 is 8.97 Å². The molecule has 0 radical (unpaired) electrons. The lowest BCUT2D eigenvalue weighted by Crippen LogP contribution is -2.12. The number of rotatable bonds is 3. The maximum atomic E-state index is 13.0. The normalized spacial score (nSPS) is 13.5. The predicted octanol–water partition coefficient (Wildman–Crippen LogP) is 3.49. The molecule has 1 heterocycles. The molecule has 0 fully saturated rings. The summed E-state index contributed by atoms with van der Waals surface area (Å²) in [5.41, 5.74) is -1.14. The van der Waals surface area contributed by atoms with Crippen molar-refractivity contribution in [2.45, 2.75) is 18.0 Å². The molecule has 19 heavy (non-hydrogen) atoms. The van der Waals surface area contributed by atoms with Crippen molar-refractivity contribution in [2.24, 2.45) is 0 Å². The van der Waals surface area contributed by atoms with Crippen LogP contribution in [0.4, 0.5) is 13.2 Å². The Labute approximate surface area is 110 Å². The molecule has 0 bridgehead atoms. The summed E-state index contributed by atoms with van der Waals surface area (Å²) in [5, 5.41) is 0. The summed E-state index contributed by atoms with van der Waals surface area (Å²) in [5.74, 6) is 0.0411. The summed E-state index contributed by atoms with van der Waals surface area (Å²) in [6, 6.07) is 3.56. The molecule has 0 saturated heterocycles. The fourth-order valence-electron chi connectivity index (χ4n) is 1.68. The molecule has 1 unspecified atom stereocenters. The Bertz CT molecular complexity index is 555. The van der Waals surface area contributed by atoms with Crippen LogP contribution < -0.4 is 0 Å². The molecule has 0 spiro atoms. The molecule has 0 aliphatic carbocycles. The number of nitrogens with zero attached hydrogens (tertiary/aromatic N) is 1. The topological polar surface area (TPSA) is 49.1 Å². The highest BCUT2D eigenvalue weighted by atomic mass is 32.2. The van der Waals surface area contributed by atoms with Crippen LogP contribution in [0.5, 0.6) is 0 Å². The highest BCUT2D eigenvalue weighted by molar-refractivity contribution is 7.91. The second kappa shape index (κ2) is 5.26. The summed E-state index contributed by atoms with van der Waals surface area (Å²) in [4.78, 5) is 3.82. The predicted molar refractivity (Wildman–Crippen MR) is 63.9 cm³/mol. The van der Waals surface area contributed by atoms with E-state index >= 15 is 0 Å². The van der Waals surface area contributed by atoms with E-state index in [1.807, 2.05) is 0 Å². The van der Waals surface area contributed by atoms with E-state index in [9.17, 15) is 17.7 Å². The minimum Gasteiger partial charge on any atom is -0.611 e. The van der Waals surface area contributed by atoms with Crippen LogP contribution in [0, 0.1) is 0 Å². The van der Waals surface area contributed by atoms with Gasteiger partial charge in [-0.1, -0.05) is 6.07 Å². The van der Waals surface area contributed by atoms with Crippen LogP contribution in [0.25, 0.3) is 11.5 Å². The lowest BCUT2D eigenvalue weighted by atomic mass is 10.1. The van der Waals surface area contributed by atoms with E-state index < -0.39 is 22.9 Å². The third kappa shape index (κ3) is 2.76. The van der Waals surface area contributed by atoms with Crippen molar-refractivity contribution in [3.05, 3.63) is 36.2 Å². The largest absolute Gasteiger partial charge is 0.611 e. The standard InChI is InChI=1S/C12H10F3NO2S/c1-2-19(17)9-5-3-4-8(12(13,14)15)10(9)11-16-6-7-18-11/h3-7H,2H2,1H3. The molecule has 0 N–H and O–H groups in total. The van der Waals surface area contributed by atoms with Gasteiger partial charge in [0.25, 0.3) is 0 Å². The summed E-state index contributed by atoms with van der Waals surface area (Å²) >= 11 is -1.53. The molecule has 3 nitrogen and oxygen atoms in total. The van der Waals surface area contributed by atoms with Crippen molar-refractivity contribution >= 4 is 11.2 Å². The van der Waals surface area contributed by atoms with Crippen LogP contribution >= 0.6 is 0 Å². The molecule has 2 rings (SSSR count). The second-order valence-electron chi connectivity index (χ2n) is 3.65. The van der Waals surface area contributed by atoms with Gasteiger partial charge in [-0.3, -0.25) is 0 Å². The molecule has 7 heteroatoms. The van der Waals surface area contributed by atoms with Gasteiger partial charge in [-0.05, 0) is 30.2 Å². The van der Waals surface area contributed by atoms with Crippen molar-refractivity contribution in [2.75, 3.05) is 5.75 Å². The number of hydrogen-bond donors (Lipinski definition) is 0. The fraction of sp³-hybridized carbons (Fsp3) is 0.250. The number of halogens is 3. The highest BCUT2D eigenvalue weighted by Crippen LogP contribution is 2.40. The average Bonchev–Trinajstić information content (AvgIpc) is 2.89. The average molecular weight is 289 g/mol. The Balaban J connectivity index is 2.70. The maximum Gasteiger partial charge on any atom is 0.417 e. The molecule has 1 aromatic heterocycles. The third-order valence-electron chi connectivity index (χ3n) is 2.49. The zero-order valence-electron chi connectivity index (χ0n) is 9.90. The van der Waals surface area contributed by atoms with Crippen molar-refractivity contribution in [1.29, 1.82) is 0 Å². The Morgan fingerprint density at radius 3 is 2.63 bits per heavy atom.